The van der Waals surface area contributed by atoms with E-state index in [9.17, 15) is 10.1 Å². The van der Waals surface area contributed by atoms with Gasteiger partial charge in [-0.15, -0.1) is 0 Å². The normalized spacial score (nSPS) is 12.0. The minimum absolute atomic E-state index is 0.191. The van der Waals surface area contributed by atoms with Crippen molar-refractivity contribution in [2.45, 2.75) is 5.92 Å². The van der Waals surface area contributed by atoms with Crippen LogP contribution in [0.2, 0.25) is 0 Å². The van der Waals surface area contributed by atoms with Gasteiger partial charge >= 0.3 is 0 Å². The number of nitrogens with zero attached hydrogens (tertiary/aromatic N) is 2. The van der Waals surface area contributed by atoms with Gasteiger partial charge in [-0.3, -0.25) is 4.79 Å². The number of nitrogens with one attached hydrogen (secondary N) is 1. The van der Waals surface area contributed by atoms with E-state index in [1.165, 1.54) is 0 Å². The second-order valence-corrected chi connectivity index (χ2v) is 5.93. The Morgan fingerprint density at radius 1 is 1.08 bits per heavy atom. The fourth-order valence-corrected chi connectivity index (χ4v) is 2.95. The van der Waals surface area contributed by atoms with Crippen LogP contribution in [-0.4, -0.2) is 22.4 Å². The average Bonchev–Trinajstić information content (AvgIpc) is 3.10. The summed E-state index contributed by atoms with van der Waals surface area (Å²) in [5, 5.41) is 11.4. The number of carbonyl (C=O) groups is 1. The van der Waals surface area contributed by atoms with Gasteiger partial charge in [0.25, 0.3) is 0 Å². The number of imidazole rings is 1. The summed E-state index contributed by atoms with van der Waals surface area (Å²) in [6.07, 6.45) is 0. The summed E-state index contributed by atoms with van der Waals surface area (Å²) in [5.74, 6) is -0.352. The first-order valence-corrected chi connectivity index (χ1v) is 8.24. The van der Waals surface area contributed by atoms with E-state index < -0.39 is 5.92 Å². The average molecular weight is 341 g/mol. The Morgan fingerprint density at radius 3 is 2.69 bits per heavy atom. The molecule has 0 aliphatic heterocycles. The van der Waals surface area contributed by atoms with Crippen LogP contribution in [0.3, 0.4) is 0 Å². The van der Waals surface area contributed by atoms with Gasteiger partial charge in [-0.1, -0.05) is 48.5 Å². The molecular weight excluding hydrogens is 326 g/mol. The van der Waals surface area contributed by atoms with Crippen LogP contribution < -0.4 is 4.74 Å². The summed E-state index contributed by atoms with van der Waals surface area (Å²) in [7, 11) is 0. The predicted octanol–water partition coefficient (Wildman–Crippen LogP) is 3.97. The fourth-order valence-electron chi connectivity index (χ4n) is 2.95. The highest BCUT2D eigenvalue weighted by molar-refractivity contribution is 5.91. The number of nitriles is 1. The van der Waals surface area contributed by atoms with Crippen molar-refractivity contribution in [1.29, 1.82) is 5.26 Å². The third kappa shape index (κ3) is 2.89. The lowest BCUT2D eigenvalue weighted by molar-refractivity contribution is -0.121. The Bertz CT molecular complexity index is 1100. The fraction of sp³-hybridized carbons (Fsp3) is 0.0952. The summed E-state index contributed by atoms with van der Waals surface area (Å²) in [5.41, 5.74) is 1.52. The van der Waals surface area contributed by atoms with E-state index in [1.54, 1.807) is 0 Å². The van der Waals surface area contributed by atoms with Gasteiger partial charge in [0.15, 0.2) is 11.7 Å². The molecule has 126 valence electrons. The maximum absolute atomic E-state index is 12.6. The number of fused-ring (bicyclic) bond motifs is 2. The van der Waals surface area contributed by atoms with E-state index in [4.69, 9.17) is 4.74 Å². The van der Waals surface area contributed by atoms with Crippen molar-refractivity contribution in [3.63, 3.8) is 0 Å². The monoisotopic (exact) mass is 341 g/mol. The van der Waals surface area contributed by atoms with Crippen molar-refractivity contribution in [2.24, 2.45) is 0 Å². The zero-order valence-corrected chi connectivity index (χ0v) is 13.8. The molecule has 3 aromatic carbocycles. The third-order valence-corrected chi connectivity index (χ3v) is 4.25. The van der Waals surface area contributed by atoms with E-state index >= 15 is 0 Å². The zero-order chi connectivity index (χ0) is 17.9. The maximum atomic E-state index is 12.6. The van der Waals surface area contributed by atoms with Gasteiger partial charge in [-0.25, -0.2) is 4.98 Å². The first kappa shape index (κ1) is 15.9. The highest BCUT2D eigenvalue weighted by Crippen LogP contribution is 2.26. The molecule has 4 rings (SSSR count). The van der Waals surface area contributed by atoms with Gasteiger partial charge in [0.05, 0.1) is 17.1 Å². The number of benzene rings is 3. The number of hydrogen-bond acceptors (Lipinski definition) is 4. The smallest absolute Gasteiger partial charge is 0.194 e. The molecule has 4 aromatic rings. The molecule has 0 aliphatic rings. The first-order chi connectivity index (χ1) is 12.8. The number of ether oxygens (including phenoxy) is 1. The number of ketones is 1. The molecule has 0 saturated carbocycles. The van der Waals surface area contributed by atoms with E-state index in [0.29, 0.717) is 11.6 Å². The molecule has 0 saturated heterocycles. The molecule has 26 heavy (non-hydrogen) atoms. The molecule has 1 atom stereocenters. The van der Waals surface area contributed by atoms with Crippen LogP contribution in [0.1, 0.15) is 11.7 Å². The largest absolute Gasteiger partial charge is 0.485 e. The molecule has 5 heteroatoms. The molecule has 0 fully saturated rings. The summed E-state index contributed by atoms with van der Waals surface area (Å²) in [6, 6.07) is 22.9. The van der Waals surface area contributed by atoms with Crippen molar-refractivity contribution < 1.29 is 9.53 Å². The molecule has 5 nitrogen and oxygen atoms in total. The van der Waals surface area contributed by atoms with Crippen molar-refractivity contribution in [2.75, 3.05) is 6.61 Å². The van der Waals surface area contributed by atoms with Crippen LogP contribution in [0, 0.1) is 11.3 Å². The molecule has 0 amide bonds. The molecule has 1 unspecified atom stereocenters. The van der Waals surface area contributed by atoms with E-state index in [1.807, 2.05) is 72.8 Å². The highest BCUT2D eigenvalue weighted by Gasteiger charge is 2.24. The number of hydrogen-bond donors (Lipinski definition) is 1. The maximum Gasteiger partial charge on any atom is 0.194 e. The lowest BCUT2D eigenvalue weighted by Gasteiger charge is -2.10. The highest BCUT2D eigenvalue weighted by atomic mass is 16.5. The standard InChI is InChI=1S/C21H15N3O2/c22-12-16(21-23-17-9-3-4-10-18(17)24-21)19(25)13-26-20-11-5-7-14-6-1-2-8-15(14)20/h1-11,16H,13H2,(H,23,24). The lowest BCUT2D eigenvalue weighted by atomic mass is 10.1. The molecule has 1 aromatic heterocycles. The Hall–Kier alpha value is -3.65. The Kier molecular flexibility index (Phi) is 4.08. The van der Waals surface area contributed by atoms with Crippen LogP contribution in [0.4, 0.5) is 0 Å². The second-order valence-electron chi connectivity index (χ2n) is 5.93. The van der Waals surface area contributed by atoms with Gasteiger partial charge in [-0.2, -0.15) is 5.26 Å². The molecular formula is C21H15N3O2. The van der Waals surface area contributed by atoms with E-state index in [-0.39, 0.29) is 12.4 Å². The SMILES string of the molecule is N#CC(C(=O)COc1cccc2ccccc12)c1nc2ccccc2[nH]1. The van der Waals surface area contributed by atoms with Crippen molar-refractivity contribution in [3.8, 4) is 11.8 Å². The second kappa shape index (κ2) is 6.69. The van der Waals surface area contributed by atoms with Gasteiger partial charge < -0.3 is 9.72 Å². The summed E-state index contributed by atoms with van der Waals surface area (Å²) < 4.78 is 5.72. The summed E-state index contributed by atoms with van der Waals surface area (Å²) in [4.78, 5) is 20.0. The number of carbonyl (C=O) groups excluding carboxylic acids is 1. The molecule has 1 heterocycles. The summed E-state index contributed by atoms with van der Waals surface area (Å²) >= 11 is 0. The van der Waals surface area contributed by atoms with Crippen LogP contribution in [0.25, 0.3) is 21.8 Å². The predicted molar refractivity (Wildman–Crippen MR) is 98.9 cm³/mol. The molecule has 0 aliphatic carbocycles. The quantitative estimate of drug-likeness (QED) is 0.596. The van der Waals surface area contributed by atoms with E-state index in [0.717, 1.165) is 21.8 Å². The molecule has 0 spiro atoms. The number of H-pyrrole nitrogens is 1. The Labute approximate surface area is 149 Å². The number of para-hydroxylation sites is 2. The minimum atomic E-state index is -0.989. The zero-order valence-electron chi connectivity index (χ0n) is 13.8. The van der Waals surface area contributed by atoms with E-state index in [2.05, 4.69) is 9.97 Å². The van der Waals surface area contributed by atoms with Gasteiger partial charge in [-0.05, 0) is 23.6 Å². The third-order valence-electron chi connectivity index (χ3n) is 4.25. The van der Waals surface area contributed by atoms with Crippen molar-refractivity contribution >= 4 is 27.6 Å². The van der Waals surface area contributed by atoms with Crippen molar-refractivity contribution in [1.82, 2.24) is 9.97 Å². The number of aromatic amines is 1. The Morgan fingerprint density at radius 2 is 1.85 bits per heavy atom. The first-order valence-electron chi connectivity index (χ1n) is 8.24. The minimum Gasteiger partial charge on any atom is -0.485 e. The summed E-state index contributed by atoms with van der Waals surface area (Å²) in [6.45, 7) is -0.191. The van der Waals surface area contributed by atoms with Crippen LogP contribution in [0.5, 0.6) is 5.75 Å². The molecule has 0 bridgehead atoms. The molecule has 0 radical (unpaired) electrons. The van der Waals surface area contributed by atoms with Crippen LogP contribution in [0.15, 0.2) is 66.7 Å². The topological polar surface area (TPSA) is 78.8 Å². The number of Topliss-reactive ketones (excluding diaryl/α,β-unsaturated/α-hetero) is 1. The Balaban J connectivity index is 1.55. The molecule has 1 N–H and O–H groups in total. The number of aromatic nitrogens is 2. The van der Waals surface area contributed by atoms with Crippen molar-refractivity contribution in [3.05, 3.63) is 72.6 Å². The van der Waals surface area contributed by atoms with Crippen LogP contribution in [-0.2, 0) is 4.79 Å². The van der Waals surface area contributed by atoms with Gasteiger partial charge in [0, 0.05) is 5.39 Å². The van der Waals surface area contributed by atoms with Gasteiger partial charge in [0.2, 0.25) is 0 Å². The number of rotatable bonds is 5. The van der Waals surface area contributed by atoms with Crippen LogP contribution >= 0.6 is 0 Å². The lowest BCUT2D eigenvalue weighted by Crippen LogP contribution is -2.20. The van der Waals surface area contributed by atoms with Gasteiger partial charge in [0.1, 0.15) is 18.2 Å².